The highest BCUT2D eigenvalue weighted by Crippen LogP contribution is 2.24. The maximum Gasteiger partial charge on any atom is 0.307 e. The van der Waals surface area contributed by atoms with Crippen LogP contribution in [0.5, 0.6) is 11.5 Å². The number of hydrogen-bond donors (Lipinski definition) is 1. The largest absolute Gasteiger partial charge is 0.481 e. The summed E-state index contributed by atoms with van der Waals surface area (Å²) in [5, 5.41) is 9.45. The second kappa shape index (κ2) is 9.69. The highest BCUT2D eigenvalue weighted by Gasteiger charge is 2.30. The lowest BCUT2D eigenvalue weighted by Gasteiger charge is -2.16. The van der Waals surface area contributed by atoms with E-state index in [4.69, 9.17) is 4.74 Å². The van der Waals surface area contributed by atoms with Gasteiger partial charge in [-0.2, -0.15) is 0 Å². The number of nitrogens with zero attached hydrogens (tertiary/aromatic N) is 2. The highest BCUT2D eigenvalue weighted by atomic mass is 32.2. The Morgan fingerprint density at radius 1 is 1.10 bits per heavy atom. The Hall–Kier alpha value is -3.27. The van der Waals surface area contributed by atoms with Crippen molar-refractivity contribution in [2.24, 2.45) is 5.92 Å². The molecule has 0 bridgehead atoms. The van der Waals surface area contributed by atoms with E-state index in [9.17, 15) is 27.9 Å². The van der Waals surface area contributed by atoms with E-state index in [0.717, 1.165) is 4.90 Å². The minimum Gasteiger partial charge on any atom is -0.481 e. The Kier molecular flexibility index (Phi) is 7.01. The molecule has 0 saturated carbocycles. The quantitative estimate of drug-likeness (QED) is 0.550. The molecule has 10 heteroatoms. The van der Waals surface area contributed by atoms with Crippen molar-refractivity contribution in [3.63, 3.8) is 0 Å². The molecular weight excluding hydrogens is 424 g/mol. The molecule has 9 nitrogen and oxygen atoms in total. The Bertz CT molecular complexity index is 1040. The van der Waals surface area contributed by atoms with Crippen molar-refractivity contribution >= 4 is 27.6 Å². The van der Waals surface area contributed by atoms with Crippen LogP contribution < -0.4 is 4.74 Å². The molecule has 2 heterocycles. The topological polar surface area (TPSA) is 131 Å². The lowest BCUT2D eigenvalue weighted by Crippen LogP contribution is -2.31. The number of aliphatic carboxylic acids is 1. The van der Waals surface area contributed by atoms with Crippen molar-refractivity contribution in [2.75, 3.05) is 12.3 Å². The molecule has 1 atom stereocenters. The van der Waals surface area contributed by atoms with Gasteiger partial charge in [-0.1, -0.05) is 0 Å². The van der Waals surface area contributed by atoms with E-state index in [2.05, 4.69) is 4.98 Å². The standard InChI is InChI=1S/C21H22N2O7S/c24-19-9-10-20(25)23(19)12-2-3-15(21(26)27)14-31(28,29)18-7-5-16(6-8-18)30-17-4-1-11-22-13-17/h1,4-8,11,13,15H,2-3,9-10,12,14H2,(H,26,27). The number of ether oxygens (including phenoxy) is 1. The lowest BCUT2D eigenvalue weighted by atomic mass is 10.1. The first kappa shape index (κ1) is 22.4. The third-order valence-electron chi connectivity index (χ3n) is 4.91. The molecule has 0 spiro atoms. The van der Waals surface area contributed by atoms with Gasteiger partial charge in [0, 0.05) is 25.6 Å². The van der Waals surface area contributed by atoms with Gasteiger partial charge in [-0.05, 0) is 49.2 Å². The molecule has 1 aromatic carbocycles. The van der Waals surface area contributed by atoms with Gasteiger partial charge >= 0.3 is 5.97 Å². The fraction of sp³-hybridized carbons (Fsp3) is 0.333. The molecule has 1 N–H and O–H groups in total. The number of sulfone groups is 1. The first-order valence-corrected chi connectivity index (χ1v) is 11.4. The highest BCUT2D eigenvalue weighted by molar-refractivity contribution is 7.91. The number of amides is 2. The van der Waals surface area contributed by atoms with E-state index in [1.807, 2.05) is 0 Å². The molecule has 164 valence electrons. The maximum atomic E-state index is 12.7. The molecule has 1 saturated heterocycles. The van der Waals surface area contributed by atoms with Gasteiger partial charge in [-0.3, -0.25) is 24.3 Å². The number of aromatic nitrogens is 1. The monoisotopic (exact) mass is 446 g/mol. The van der Waals surface area contributed by atoms with Crippen molar-refractivity contribution in [3.8, 4) is 11.5 Å². The van der Waals surface area contributed by atoms with E-state index in [1.54, 1.807) is 18.3 Å². The predicted molar refractivity (Wildman–Crippen MR) is 109 cm³/mol. The Labute approximate surface area is 179 Å². The molecule has 2 amide bonds. The van der Waals surface area contributed by atoms with Crippen LogP contribution in [-0.4, -0.2) is 53.5 Å². The minimum absolute atomic E-state index is 0.0119. The van der Waals surface area contributed by atoms with Crippen LogP contribution in [0.2, 0.25) is 0 Å². The molecular formula is C21H22N2O7S. The number of carboxylic acids is 1. The predicted octanol–water partition coefficient (Wildman–Crippen LogP) is 2.28. The van der Waals surface area contributed by atoms with Gasteiger partial charge < -0.3 is 9.84 Å². The summed E-state index contributed by atoms with van der Waals surface area (Å²) in [5.74, 6) is -2.60. The average molecular weight is 446 g/mol. The summed E-state index contributed by atoms with van der Waals surface area (Å²) in [7, 11) is -3.86. The van der Waals surface area contributed by atoms with Gasteiger partial charge in [-0.15, -0.1) is 0 Å². The number of carboxylic acid groups (broad SMARTS) is 1. The normalized spacial score (nSPS) is 15.2. The summed E-state index contributed by atoms with van der Waals surface area (Å²) in [5.41, 5.74) is 0. The third-order valence-corrected chi connectivity index (χ3v) is 6.74. The second-order valence-electron chi connectivity index (χ2n) is 7.16. The van der Waals surface area contributed by atoms with Crippen molar-refractivity contribution in [2.45, 2.75) is 30.6 Å². The van der Waals surface area contributed by atoms with Gasteiger partial charge in [-0.25, -0.2) is 8.42 Å². The Morgan fingerprint density at radius 2 is 1.77 bits per heavy atom. The number of carbonyl (C=O) groups is 3. The molecule has 1 aliphatic heterocycles. The zero-order valence-corrected chi connectivity index (χ0v) is 17.5. The molecule has 1 aliphatic rings. The third kappa shape index (κ3) is 5.88. The van der Waals surface area contributed by atoms with Crippen LogP contribution in [0.1, 0.15) is 25.7 Å². The van der Waals surface area contributed by atoms with Crippen LogP contribution in [0.15, 0.2) is 53.7 Å². The van der Waals surface area contributed by atoms with Crippen molar-refractivity contribution in [3.05, 3.63) is 48.8 Å². The number of carbonyl (C=O) groups excluding carboxylic acids is 2. The van der Waals surface area contributed by atoms with Crippen LogP contribution in [0.3, 0.4) is 0 Å². The van der Waals surface area contributed by atoms with Crippen LogP contribution in [0.4, 0.5) is 0 Å². The SMILES string of the molecule is O=C(O)C(CCCN1C(=O)CCC1=O)CS(=O)(=O)c1ccc(Oc2cccnc2)cc1. The van der Waals surface area contributed by atoms with Crippen LogP contribution >= 0.6 is 0 Å². The van der Waals surface area contributed by atoms with Crippen LogP contribution in [0.25, 0.3) is 0 Å². The number of likely N-dealkylation sites (tertiary alicyclic amines) is 1. The Balaban J connectivity index is 1.60. The fourth-order valence-electron chi connectivity index (χ4n) is 3.27. The van der Waals surface area contributed by atoms with E-state index in [0.29, 0.717) is 11.5 Å². The second-order valence-corrected chi connectivity index (χ2v) is 9.19. The Morgan fingerprint density at radius 3 is 2.35 bits per heavy atom. The van der Waals surface area contributed by atoms with Crippen molar-refractivity contribution in [1.29, 1.82) is 0 Å². The van der Waals surface area contributed by atoms with E-state index < -0.39 is 27.5 Å². The van der Waals surface area contributed by atoms with E-state index >= 15 is 0 Å². The molecule has 1 fully saturated rings. The van der Waals surface area contributed by atoms with Gasteiger partial charge in [0.15, 0.2) is 9.84 Å². The van der Waals surface area contributed by atoms with Crippen LogP contribution in [0, 0.1) is 5.92 Å². The fourth-order valence-corrected chi connectivity index (χ4v) is 4.85. The molecule has 31 heavy (non-hydrogen) atoms. The maximum absolute atomic E-state index is 12.7. The van der Waals surface area contributed by atoms with Gasteiger partial charge in [0.25, 0.3) is 0 Å². The molecule has 1 unspecified atom stereocenters. The van der Waals surface area contributed by atoms with Gasteiger partial charge in [0.1, 0.15) is 11.5 Å². The van der Waals surface area contributed by atoms with E-state index in [1.165, 1.54) is 30.5 Å². The summed E-state index contributed by atoms with van der Waals surface area (Å²) < 4.78 is 31.0. The summed E-state index contributed by atoms with van der Waals surface area (Å²) in [6, 6.07) is 9.11. The average Bonchev–Trinajstić information content (AvgIpc) is 3.06. The van der Waals surface area contributed by atoms with Gasteiger partial charge in [0.05, 0.1) is 22.8 Å². The van der Waals surface area contributed by atoms with E-state index in [-0.39, 0.29) is 48.9 Å². The molecule has 0 aliphatic carbocycles. The van der Waals surface area contributed by atoms with Gasteiger partial charge in [0.2, 0.25) is 11.8 Å². The molecule has 0 radical (unpaired) electrons. The number of benzene rings is 1. The lowest BCUT2D eigenvalue weighted by molar-refractivity contribution is -0.141. The first-order chi connectivity index (χ1) is 14.8. The number of rotatable bonds is 10. The first-order valence-electron chi connectivity index (χ1n) is 9.73. The van der Waals surface area contributed by atoms with Crippen LogP contribution in [-0.2, 0) is 24.2 Å². The summed E-state index contributed by atoms with van der Waals surface area (Å²) >= 11 is 0. The summed E-state index contributed by atoms with van der Waals surface area (Å²) in [4.78, 5) is 39.9. The summed E-state index contributed by atoms with van der Waals surface area (Å²) in [6.45, 7) is 0.0991. The zero-order valence-electron chi connectivity index (χ0n) is 16.6. The number of imide groups is 1. The van der Waals surface area contributed by atoms with Crippen molar-refractivity contribution in [1.82, 2.24) is 9.88 Å². The minimum atomic E-state index is -3.86. The van der Waals surface area contributed by atoms with Crippen molar-refractivity contribution < 1.29 is 32.6 Å². The molecule has 3 rings (SSSR count). The zero-order chi connectivity index (χ0) is 22.4. The smallest absolute Gasteiger partial charge is 0.307 e. The molecule has 2 aromatic rings. The number of pyridine rings is 1. The number of hydrogen-bond acceptors (Lipinski definition) is 7. The summed E-state index contributed by atoms with van der Waals surface area (Å²) in [6.07, 6.45) is 3.70. The molecule has 1 aromatic heterocycles.